The lowest BCUT2D eigenvalue weighted by Crippen LogP contribution is -2.55. The molecule has 0 unspecified atom stereocenters. The van der Waals surface area contributed by atoms with E-state index in [2.05, 4.69) is 6.58 Å². The number of hydrogen-bond donors (Lipinski definition) is 2. The van der Waals surface area contributed by atoms with Crippen molar-refractivity contribution in [2.75, 3.05) is 13.7 Å². The number of rotatable bonds is 5. The van der Waals surface area contributed by atoms with E-state index in [0.29, 0.717) is 6.42 Å². The third-order valence-electron chi connectivity index (χ3n) is 3.68. The highest BCUT2D eigenvalue weighted by molar-refractivity contribution is 5.10. The predicted octanol–water partition coefficient (Wildman–Crippen LogP) is 0.177. The highest BCUT2D eigenvalue weighted by Crippen LogP contribution is 2.47. The number of methoxy groups -OCH3 is 1. The number of hydrogen-bond acceptors (Lipinski definition) is 6. The lowest BCUT2D eigenvalue weighted by Gasteiger charge is -2.37. The molecule has 110 valence electrons. The van der Waals surface area contributed by atoms with E-state index in [1.165, 1.54) is 7.11 Å². The third kappa shape index (κ3) is 2.33. The number of ether oxygens (including phenoxy) is 4. The van der Waals surface area contributed by atoms with E-state index in [4.69, 9.17) is 24.1 Å². The molecule has 2 N–H and O–H groups in total. The maximum atomic E-state index is 9.94. The molecule has 0 amide bonds. The average molecular weight is 274 g/mol. The number of aliphatic hydroxyl groups is 2. The van der Waals surface area contributed by atoms with E-state index < -0.39 is 42.6 Å². The molecule has 2 aliphatic rings. The molecule has 19 heavy (non-hydrogen) atoms. The van der Waals surface area contributed by atoms with Gasteiger partial charge in [-0.1, -0.05) is 6.08 Å². The monoisotopic (exact) mass is 274 g/mol. The minimum atomic E-state index is -1.07. The van der Waals surface area contributed by atoms with Gasteiger partial charge in [0.1, 0.15) is 23.9 Å². The van der Waals surface area contributed by atoms with Crippen molar-refractivity contribution in [3.8, 4) is 0 Å². The topological polar surface area (TPSA) is 77.4 Å². The van der Waals surface area contributed by atoms with Crippen LogP contribution < -0.4 is 0 Å². The Labute approximate surface area is 112 Å². The molecule has 0 aromatic carbocycles. The van der Waals surface area contributed by atoms with E-state index in [-0.39, 0.29) is 0 Å². The summed E-state index contributed by atoms with van der Waals surface area (Å²) < 4.78 is 22.8. The lowest BCUT2D eigenvalue weighted by molar-refractivity contribution is -0.247. The van der Waals surface area contributed by atoms with Gasteiger partial charge in [0.2, 0.25) is 0 Å². The Bertz CT molecular complexity index is 344. The van der Waals surface area contributed by atoms with Crippen LogP contribution in [0.4, 0.5) is 0 Å². The van der Waals surface area contributed by atoms with E-state index in [1.54, 1.807) is 19.9 Å². The Morgan fingerprint density at radius 2 is 2.11 bits per heavy atom. The van der Waals surface area contributed by atoms with Crippen molar-refractivity contribution >= 4 is 0 Å². The first kappa shape index (κ1) is 14.9. The minimum absolute atomic E-state index is 0.421. The summed E-state index contributed by atoms with van der Waals surface area (Å²) in [7, 11) is 1.53. The zero-order valence-corrected chi connectivity index (χ0v) is 11.5. The van der Waals surface area contributed by atoms with E-state index in [0.717, 1.165) is 0 Å². The Hall–Kier alpha value is -0.500. The molecule has 0 aliphatic carbocycles. The van der Waals surface area contributed by atoms with Gasteiger partial charge in [0.05, 0.1) is 6.61 Å². The van der Waals surface area contributed by atoms with Crippen LogP contribution in [0, 0.1) is 0 Å². The van der Waals surface area contributed by atoms with Crippen LogP contribution in [0.2, 0.25) is 0 Å². The summed E-state index contributed by atoms with van der Waals surface area (Å²) in [4.78, 5) is 0. The molecule has 6 heteroatoms. The fourth-order valence-corrected chi connectivity index (χ4v) is 2.87. The summed E-state index contributed by atoms with van der Waals surface area (Å²) >= 11 is 0. The molecule has 0 bridgehead atoms. The Balaban J connectivity index is 2.32. The van der Waals surface area contributed by atoms with Gasteiger partial charge >= 0.3 is 0 Å². The third-order valence-corrected chi connectivity index (χ3v) is 3.68. The van der Waals surface area contributed by atoms with Gasteiger partial charge in [-0.05, 0) is 20.3 Å². The van der Waals surface area contributed by atoms with Gasteiger partial charge in [-0.2, -0.15) is 0 Å². The van der Waals surface area contributed by atoms with Gasteiger partial charge in [-0.25, -0.2) is 0 Å². The number of fused-ring (bicyclic) bond motifs is 1. The zero-order valence-electron chi connectivity index (χ0n) is 11.5. The second kappa shape index (κ2) is 5.12. The van der Waals surface area contributed by atoms with Crippen LogP contribution >= 0.6 is 0 Å². The highest BCUT2D eigenvalue weighted by Gasteiger charge is 2.65. The summed E-state index contributed by atoms with van der Waals surface area (Å²) in [6.07, 6.45) is -0.794. The van der Waals surface area contributed by atoms with Crippen LogP contribution in [0.15, 0.2) is 12.7 Å². The van der Waals surface area contributed by atoms with Crippen LogP contribution in [-0.2, 0) is 18.9 Å². The van der Waals surface area contributed by atoms with Crippen LogP contribution in [0.1, 0.15) is 20.3 Å². The molecule has 2 heterocycles. The summed E-state index contributed by atoms with van der Waals surface area (Å²) in [6.45, 7) is 6.87. The van der Waals surface area contributed by atoms with Gasteiger partial charge in [0.15, 0.2) is 12.1 Å². The van der Waals surface area contributed by atoms with Crippen molar-refractivity contribution in [2.45, 2.75) is 56.3 Å². The SMILES string of the molecule is C=CC[C@@]1(OC)[C@@H]([C@H](O)CO)O[C@@H]2OC(C)(C)O[C@@H]21. The molecule has 6 nitrogen and oxygen atoms in total. The second-order valence-electron chi connectivity index (χ2n) is 5.38. The van der Waals surface area contributed by atoms with Gasteiger partial charge in [0.25, 0.3) is 0 Å². The van der Waals surface area contributed by atoms with Gasteiger partial charge < -0.3 is 29.2 Å². The maximum Gasteiger partial charge on any atom is 0.190 e. The first-order valence-electron chi connectivity index (χ1n) is 6.36. The molecule has 2 saturated heterocycles. The molecule has 5 atom stereocenters. The molecule has 0 aromatic rings. The minimum Gasteiger partial charge on any atom is -0.394 e. The fourth-order valence-electron chi connectivity index (χ4n) is 2.87. The molecule has 2 rings (SSSR count). The van der Waals surface area contributed by atoms with Crippen molar-refractivity contribution in [2.24, 2.45) is 0 Å². The molecular formula is C13H22O6. The quantitative estimate of drug-likeness (QED) is 0.696. The van der Waals surface area contributed by atoms with Crippen molar-refractivity contribution in [1.82, 2.24) is 0 Å². The molecule has 0 radical (unpaired) electrons. The van der Waals surface area contributed by atoms with Crippen molar-refractivity contribution < 1.29 is 29.2 Å². The largest absolute Gasteiger partial charge is 0.394 e. The van der Waals surface area contributed by atoms with Crippen LogP contribution in [-0.4, -0.2) is 59.9 Å². The van der Waals surface area contributed by atoms with Crippen LogP contribution in [0.3, 0.4) is 0 Å². The van der Waals surface area contributed by atoms with Crippen LogP contribution in [0.5, 0.6) is 0 Å². The van der Waals surface area contributed by atoms with Crippen molar-refractivity contribution in [1.29, 1.82) is 0 Å². The molecule has 0 aromatic heterocycles. The molecule has 0 saturated carbocycles. The van der Waals surface area contributed by atoms with E-state index >= 15 is 0 Å². The zero-order chi connectivity index (χ0) is 14.3. The summed E-state index contributed by atoms with van der Waals surface area (Å²) in [6, 6.07) is 0. The van der Waals surface area contributed by atoms with E-state index in [9.17, 15) is 5.11 Å². The predicted molar refractivity (Wildman–Crippen MR) is 66.3 cm³/mol. The average Bonchev–Trinajstić information content (AvgIpc) is 2.81. The summed E-state index contributed by atoms with van der Waals surface area (Å²) in [5.41, 5.74) is -0.914. The summed E-state index contributed by atoms with van der Waals surface area (Å²) in [5.74, 6) is -0.768. The summed E-state index contributed by atoms with van der Waals surface area (Å²) in [5, 5.41) is 19.1. The Kier molecular flexibility index (Phi) is 4.02. The second-order valence-corrected chi connectivity index (χ2v) is 5.38. The van der Waals surface area contributed by atoms with Crippen molar-refractivity contribution in [3.63, 3.8) is 0 Å². The molecular weight excluding hydrogens is 252 g/mol. The maximum absolute atomic E-state index is 9.94. The smallest absolute Gasteiger partial charge is 0.190 e. The lowest BCUT2D eigenvalue weighted by atomic mass is 9.86. The molecule has 2 aliphatic heterocycles. The van der Waals surface area contributed by atoms with Gasteiger partial charge in [0, 0.05) is 7.11 Å². The normalized spacial score (nSPS) is 42.1. The number of aliphatic hydroxyl groups excluding tert-OH is 2. The highest BCUT2D eigenvalue weighted by atomic mass is 16.8. The Morgan fingerprint density at radius 1 is 1.42 bits per heavy atom. The molecule has 2 fully saturated rings. The standard InChI is InChI=1S/C13H22O6/c1-5-6-13(16-4)9(8(15)7-14)17-11-10(13)18-12(2,3)19-11/h5,8-11,14-15H,1,6-7H2,2-4H3/t8-,9-,10+,11-,13-/m1/s1. The first-order chi connectivity index (χ1) is 8.90. The van der Waals surface area contributed by atoms with Gasteiger partial charge in [-0.15, -0.1) is 6.58 Å². The van der Waals surface area contributed by atoms with Gasteiger partial charge in [-0.3, -0.25) is 0 Å². The van der Waals surface area contributed by atoms with Crippen LogP contribution in [0.25, 0.3) is 0 Å². The van der Waals surface area contributed by atoms with Crippen molar-refractivity contribution in [3.05, 3.63) is 12.7 Å². The molecule has 0 spiro atoms. The Morgan fingerprint density at radius 3 is 2.63 bits per heavy atom. The van der Waals surface area contributed by atoms with E-state index in [1.807, 2.05) is 0 Å². The first-order valence-corrected chi connectivity index (χ1v) is 6.36. The fraction of sp³-hybridized carbons (Fsp3) is 0.846.